The summed E-state index contributed by atoms with van der Waals surface area (Å²) >= 11 is 0. The molecule has 1 atom stereocenters. The molecule has 1 N–H and O–H groups in total. The van der Waals surface area contributed by atoms with E-state index in [0.29, 0.717) is 24.8 Å². The predicted molar refractivity (Wildman–Crippen MR) is 134 cm³/mol. The van der Waals surface area contributed by atoms with Crippen molar-refractivity contribution in [2.75, 3.05) is 29.9 Å². The van der Waals surface area contributed by atoms with Crippen molar-refractivity contribution in [3.05, 3.63) is 42.5 Å². The number of anilines is 3. The minimum Gasteiger partial charge on any atom is -0.492 e. The number of rotatable bonds is 6. The van der Waals surface area contributed by atoms with E-state index in [2.05, 4.69) is 31.5 Å². The Morgan fingerprint density at radius 1 is 1.26 bits per heavy atom. The molecule has 10 heteroatoms. The Kier molecular flexibility index (Phi) is 5.68. The summed E-state index contributed by atoms with van der Waals surface area (Å²) in [5.41, 5.74) is 2.90. The Labute approximate surface area is 203 Å². The van der Waals surface area contributed by atoms with E-state index in [1.807, 2.05) is 56.7 Å². The van der Waals surface area contributed by atoms with Gasteiger partial charge >= 0.3 is 0 Å². The first kappa shape index (κ1) is 22.5. The van der Waals surface area contributed by atoms with E-state index in [-0.39, 0.29) is 5.41 Å². The van der Waals surface area contributed by atoms with Crippen LogP contribution in [0.3, 0.4) is 0 Å². The van der Waals surface area contributed by atoms with Crippen molar-refractivity contribution in [2.45, 2.75) is 27.2 Å². The Morgan fingerprint density at radius 2 is 2.11 bits per heavy atom. The molecule has 0 radical (unpaired) electrons. The monoisotopic (exact) mass is 469 g/mol. The van der Waals surface area contributed by atoms with Gasteiger partial charge in [0.25, 0.3) is 0 Å². The summed E-state index contributed by atoms with van der Waals surface area (Å²) < 4.78 is 7.76. The number of nitriles is 1. The van der Waals surface area contributed by atoms with Gasteiger partial charge in [0.15, 0.2) is 11.6 Å². The third-order valence-corrected chi connectivity index (χ3v) is 6.22. The molecule has 4 heterocycles. The first-order valence-corrected chi connectivity index (χ1v) is 11.6. The van der Waals surface area contributed by atoms with Gasteiger partial charge in [-0.2, -0.15) is 5.26 Å². The van der Waals surface area contributed by atoms with Crippen molar-refractivity contribution >= 4 is 28.4 Å². The maximum absolute atomic E-state index is 9.58. The van der Waals surface area contributed by atoms with E-state index in [0.717, 1.165) is 52.5 Å². The van der Waals surface area contributed by atoms with Crippen molar-refractivity contribution in [3.63, 3.8) is 0 Å². The summed E-state index contributed by atoms with van der Waals surface area (Å²) in [7, 11) is 1.90. The quantitative estimate of drug-likeness (QED) is 0.447. The van der Waals surface area contributed by atoms with E-state index in [9.17, 15) is 5.26 Å². The van der Waals surface area contributed by atoms with E-state index in [1.165, 1.54) is 0 Å². The number of aryl methyl sites for hydroxylation is 2. The number of benzene rings is 1. The predicted octanol–water partition coefficient (Wildman–Crippen LogP) is 4.01. The fraction of sp³-hybridized carbons (Fsp3) is 0.360. The zero-order chi connectivity index (χ0) is 24.6. The van der Waals surface area contributed by atoms with E-state index < -0.39 is 0 Å². The van der Waals surface area contributed by atoms with Crippen molar-refractivity contribution < 1.29 is 4.74 Å². The van der Waals surface area contributed by atoms with Crippen LogP contribution in [0.5, 0.6) is 5.75 Å². The summed E-state index contributed by atoms with van der Waals surface area (Å²) in [6.07, 6.45) is 4.26. The van der Waals surface area contributed by atoms with Gasteiger partial charge in [0.05, 0.1) is 23.8 Å². The van der Waals surface area contributed by atoms with Crippen LogP contribution >= 0.6 is 0 Å². The molecule has 1 aliphatic rings. The van der Waals surface area contributed by atoms with Crippen LogP contribution in [0, 0.1) is 23.7 Å². The molecule has 0 spiro atoms. The van der Waals surface area contributed by atoms with Crippen molar-refractivity contribution in [1.29, 1.82) is 5.26 Å². The average Bonchev–Trinajstić information content (AvgIpc) is 3.46. The van der Waals surface area contributed by atoms with Crippen LogP contribution in [-0.2, 0) is 7.05 Å². The molecule has 0 amide bonds. The topological polar surface area (TPSA) is 118 Å². The van der Waals surface area contributed by atoms with Gasteiger partial charge in [-0.05, 0) is 51.5 Å². The first-order chi connectivity index (χ1) is 16.9. The van der Waals surface area contributed by atoms with Gasteiger partial charge in [-0.25, -0.2) is 15.0 Å². The van der Waals surface area contributed by atoms with Crippen LogP contribution in [0.2, 0.25) is 0 Å². The molecule has 1 aliphatic heterocycles. The van der Waals surface area contributed by atoms with Crippen LogP contribution in [0.4, 0.5) is 17.5 Å². The Morgan fingerprint density at radius 3 is 2.83 bits per heavy atom. The lowest BCUT2D eigenvalue weighted by Gasteiger charge is -2.21. The van der Waals surface area contributed by atoms with Gasteiger partial charge in [0, 0.05) is 43.0 Å². The zero-order valence-electron chi connectivity index (χ0n) is 20.3. The second-order valence-electron chi connectivity index (χ2n) is 9.10. The fourth-order valence-electron chi connectivity index (χ4n) is 4.37. The van der Waals surface area contributed by atoms with Crippen molar-refractivity contribution in [2.24, 2.45) is 12.5 Å². The highest BCUT2D eigenvalue weighted by atomic mass is 16.5. The highest BCUT2D eigenvalue weighted by Crippen LogP contribution is 2.36. The molecule has 1 unspecified atom stereocenters. The van der Waals surface area contributed by atoms with Crippen LogP contribution in [0.1, 0.15) is 26.0 Å². The third kappa shape index (κ3) is 4.33. The highest BCUT2D eigenvalue weighted by molar-refractivity contribution is 5.89. The Bertz CT molecular complexity index is 1440. The number of nitrogens with zero attached hydrogens (tertiary/aromatic N) is 8. The largest absolute Gasteiger partial charge is 0.492 e. The number of aromatic nitrogens is 6. The lowest BCUT2D eigenvalue weighted by atomic mass is 9.92. The summed E-state index contributed by atoms with van der Waals surface area (Å²) in [5.74, 6) is 2.65. The van der Waals surface area contributed by atoms with Crippen LogP contribution in [0.25, 0.3) is 22.3 Å². The van der Waals surface area contributed by atoms with Crippen LogP contribution < -0.4 is 15.0 Å². The van der Waals surface area contributed by atoms with Gasteiger partial charge in [-0.15, -0.1) is 10.2 Å². The standard InChI is InChI=1S/C25H27N9O/c1-5-35-20-11-17(22-32-28-15-33(22)4)6-7-19(20)30-24-27-12-18-10-16(2)29-23(21(18)31-24)34-9-8-25(3,13-26)14-34/h6-7,10-12,15H,5,8-9,14H2,1-4H3,(H,27,30,31). The number of hydrogen-bond acceptors (Lipinski definition) is 9. The summed E-state index contributed by atoms with van der Waals surface area (Å²) in [4.78, 5) is 16.3. The first-order valence-electron chi connectivity index (χ1n) is 11.6. The summed E-state index contributed by atoms with van der Waals surface area (Å²) in [6.45, 7) is 7.79. The lowest BCUT2D eigenvalue weighted by Crippen LogP contribution is -2.25. The van der Waals surface area contributed by atoms with Gasteiger partial charge in [-0.1, -0.05) is 0 Å². The molecule has 4 aromatic rings. The van der Waals surface area contributed by atoms with Crippen molar-refractivity contribution in [1.82, 2.24) is 29.7 Å². The average molecular weight is 470 g/mol. The molecule has 1 aromatic carbocycles. The second-order valence-corrected chi connectivity index (χ2v) is 9.10. The molecule has 0 saturated carbocycles. The fourth-order valence-corrected chi connectivity index (χ4v) is 4.37. The molecule has 0 bridgehead atoms. The Balaban J connectivity index is 1.51. The molecule has 178 valence electrons. The Hall–Kier alpha value is -4.26. The third-order valence-electron chi connectivity index (χ3n) is 6.22. The smallest absolute Gasteiger partial charge is 0.227 e. The van der Waals surface area contributed by atoms with Gasteiger partial charge in [0.2, 0.25) is 5.95 Å². The number of hydrogen-bond donors (Lipinski definition) is 1. The number of nitrogens with one attached hydrogen (secondary N) is 1. The van der Waals surface area contributed by atoms with Gasteiger partial charge < -0.3 is 19.5 Å². The molecule has 35 heavy (non-hydrogen) atoms. The summed E-state index contributed by atoms with van der Waals surface area (Å²) in [6, 6.07) is 10.2. The van der Waals surface area contributed by atoms with E-state index >= 15 is 0 Å². The van der Waals surface area contributed by atoms with E-state index in [1.54, 1.807) is 12.5 Å². The maximum Gasteiger partial charge on any atom is 0.227 e. The van der Waals surface area contributed by atoms with E-state index in [4.69, 9.17) is 14.7 Å². The molecule has 1 fully saturated rings. The SMILES string of the molecule is CCOc1cc(-c2nncn2C)ccc1Nc1ncc2cc(C)nc(N3CCC(C)(C#N)C3)c2n1. The normalized spacial score (nSPS) is 17.5. The van der Waals surface area contributed by atoms with Gasteiger partial charge in [-0.3, -0.25) is 0 Å². The zero-order valence-corrected chi connectivity index (χ0v) is 20.3. The van der Waals surface area contributed by atoms with Gasteiger partial charge in [0.1, 0.15) is 17.6 Å². The molecule has 5 rings (SSSR count). The van der Waals surface area contributed by atoms with Crippen LogP contribution in [0.15, 0.2) is 36.8 Å². The lowest BCUT2D eigenvalue weighted by molar-refractivity contribution is 0.342. The molecule has 0 aliphatic carbocycles. The second kappa shape index (κ2) is 8.83. The molecular weight excluding hydrogens is 442 g/mol. The molecule has 1 saturated heterocycles. The maximum atomic E-state index is 9.58. The molecule has 3 aromatic heterocycles. The number of pyridine rings is 1. The number of ether oxygens (including phenoxy) is 1. The minimum absolute atomic E-state index is 0.386. The molecule has 10 nitrogen and oxygen atoms in total. The number of fused-ring (bicyclic) bond motifs is 1. The van der Waals surface area contributed by atoms with Crippen molar-refractivity contribution in [3.8, 4) is 23.2 Å². The highest BCUT2D eigenvalue weighted by Gasteiger charge is 2.35. The minimum atomic E-state index is -0.386. The van der Waals surface area contributed by atoms with Crippen LogP contribution in [-0.4, -0.2) is 49.4 Å². The molecular formula is C25H27N9O. The summed E-state index contributed by atoms with van der Waals surface area (Å²) in [5, 5.41) is 21.9.